The summed E-state index contributed by atoms with van der Waals surface area (Å²) >= 11 is 5.42. The van der Waals surface area contributed by atoms with E-state index in [-0.39, 0.29) is 17.5 Å². The van der Waals surface area contributed by atoms with E-state index >= 15 is 0 Å². The Balaban J connectivity index is 2.81. The molecule has 1 saturated heterocycles. The summed E-state index contributed by atoms with van der Waals surface area (Å²) in [5.74, 6) is -0.299. The van der Waals surface area contributed by atoms with Crippen LogP contribution in [0.2, 0.25) is 0 Å². The first kappa shape index (κ1) is 12.7. The van der Waals surface area contributed by atoms with E-state index < -0.39 is 16.1 Å². The fourth-order valence-electron chi connectivity index (χ4n) is 1.72. The molecule has 1 heterocycles. The lowest BCUT2D eigenvalue weighted by Crippen LogP contribution is -2.45. The quantitative estimate of drug-likeness (QED) is 0.705. The smallest absolute Gasteiger partial charge is 0.238 e. The first-order valence-electron chi connectivity index (χ1n) is 4.80. The normalized spacial score (nSPS) is 22.9. The Kier molecular flexibility index (Phi) is 4.36. The Morgan fingerprint density at radius 2 is 2.27 bits per heavy atom. The summed E-state index contributed by atoms with van der Waals surface area (Å²) in [6.45, 7) is 0.414. The molecule has 1 fully saturated rings. The predicted octanol–water partition coefficient (Wildman–Crippen LogP) is -0.235. The molecule has 0 bridgehead atoms. The van der Waals surface area contributed by atoms with Crippen LogP contribution in [0.25, 0.3) is 0 Å². The van der Waals surface area contributed by atoms with E-state index in [9.17, 15) is 13.2 Å². The molecule has 5 nitrogen and oxygen atoms in total. The molecule has 7 heteroatoms. The highest BCUT2D eigenvalue weighted by atomic mass is 35.5. The van der Waals surface area contributed by atoms with Crippen molar-refractivity contribution in [2.75, 3.05) is 25.2 Å². The van der Waals surface area contributed by atoms with Crippen LogP contribution in [-0.2, 0) is 14.8 Å². The average Bonchev–Trinajstić information content (AvgIpc) is 2.65. The number of hydrogen-bond donors (Lipinski definition) is 1. The van der Waals surface area contributed by atoms with Gasteiger partial charge < -0.3 is 5.32 Å². The molecule has 88 valence electrons. The first-order chi connectivity index (χ1) is 7.03. The molecule has 1 amide bonds. The van der Waals surface area contributed by atoms with E-state index in [1.165, 1.54) is 11.4 Å². The van der Waals surface area contributed by atoms with Crippen LogP contribution in [0.15, 0.2) is 0 Å². The maximum atomic E-state index is 11.7. The number of likely N-dealkylation sites (N-methyl/N-ethyl adjacent to an activating group) is 1. The summed E-state index contributed by atoms with van der Waals surface area (Å²) < 4.78 is 24.7. The molecule has 15 heavy (non-hydrogen) atoms. The zero-order valence-corrected chi connectivity index (χ0v) is 10.1. The molecule has 1 aliphatic rings. The van der Waals surface area contributed by atoms with Gasteiger partial charge in [-0.3, -0.25) is 4.79 Å². The van der Waals surface area contributed by atoms with Crippen LogP contribution in [0.4, 0.5) is 0 Å². The molecule has 0 aliphatic carbocycles. The number of halogens is 1. The monoisotopic (exact) mass is 254 g/mol. The first-order valence-corrected chi connectivity index (χ1v) is 6.94. The average molecular weight is 255 g/mol. The summed E-state index contributed by atoms with van der Waals surface area (Å²) in [5, 5.41) is 2.47. The van der Waals surface area contributed by atoms with Gasteiger partial charge in [0.1, 0.15) is 6.04 Å². The molecule has 0 aromatic heterocycles. The van der Waals surface area contributed by atoms with Gasteiger partial charge in [-0.05, 0) is 12.8 Å². The summed E-state index contributed by atoms with van der Waals surface area (Å²) in [7, 11) is -1.87. The minimum Gasteiger partial charge on any atom is -0.358 e. The highest BCUT2D eigenvalue weighted by Crippen LogP contribution is 2.21. The highest BCUT2D eigenvalue weighted by molar-refractivity contribution is 7.89. The second kappa shape index (κ2) is 5.14. The van der Waals surface area contributed by atoms with E-state index in [2.05, 4.69) is 5.32 Å². The number of rotatable bonds is 4. The van der Waals surface area contributed by atoms with Crippen molar-refractivity contribution in [3.8, 4) is 0 Å². The minimum atomic E-state index is -3.37. The molecular weight excluding hydrogens is 240 g/mol. The third kappa shape index (κ3) is 2.83. The van der Waals surface area contributed by atoms with Gasteiger partial charge in [-0.2, -0.15) is 4.31 Å². The molecule has 1 rings (SSSR count). The lowest BCUT2D eigenvalue weighted by atomic mass is 10.2. The minimum absolute atomic E-state index is 0.0549. The third-order valence-electron chi connectivity index (χ3n) is 2.45. The molecular formula is C8H15ClN2O3S. The van der Waals surface area contributed by atoms with Crippen molar-refractivity contribution in [2.24, 2.45) is 0 Å². The van der Waals surface area contributed by atoms with Crippen LogP contribution in [0.1, 0.15) is 12.8 Å². The van der Waals surface area contributed by atoms with Gasteiger partial charge in [0.2, 0.25) is 15.9 Å². The fraction of sp³-hybridized carbons (Fsp3) is 0.875. The molecule has 1 N–H and O–H groups in total. The number of carbonyl (C=O) groups excluding carboxylic acids is 1. The number of nitrogens with one attached hydrogen (secondary N) is 1. The number of carbonyl (C=O) groups is 1. The summed E-state index contributed by atoms with van der Waals surface area (Å²) in [6, 6.07) is -0.553. The van der Waals surface area contributed by atoms with E-state index in [0.717, 1.165) is 6.42 Å². The maximum Gasteiger partial charge on any atom is 0.238 e. The zero-order valence-electron chi connectivity index (χ0n) is 8.57. The molecule has 0 radical (unpaired) electrons. The van der Waals surface area contributed by atoms with Crippen LogP contribution >= 0.6 is 11.6 Å². The van der Waals surface area contributed by atoms with Gasteiger partial charge >= 0.3 is 0 Å². The molecule has 0 spiro atoms. The second-order valence-electron chi connectivity index (χ2n) is 3.39. The second-order valence-corrected chi connectivity index (χ2v) is 5.81. The van der Waals surface area contributed by atoms with Gasteiger partial charge in [0, 0.05) is 19.5 Å². The Morgan fingerprint density at radius 1 is 1.60 bits per heavy atom. The number of nitrogens with zero attached hydrogens (tertiary/aromatic N) is 1. The Morgan fingerprint density at radius 3 is 2.80 bits per heavy atom. The van der Waals surface area contributed by atoms with Crippen molar-refractivity contribution in [2.45, 2.75) is 18.9 Å². The lowest BCUT2D eigenvalue weighted by molar-refractivity contribution is -0.123. The van der Waals surface area contributed by atoms with Crippen molar-refractivity contribution in [3.05, 3.63) is 0 Å². The van der Waals surface area contributed by atoms with Crippen molar-refractivity contribution >= 4 is 27.5 Å². The fourth-order valence-corrected chi connectivity index (χ4v) is 3.73. The number of sulfonamides is 1. The van der Waals surface area contributed by atoms with Gasteiger partial charge in [0.05, 0.1) is 5.75 Å². The SMILES string of the molecule is CNC(=O)C1CCCN1S(=O)(=O)CCCl. The maximum absolute atomic E-state index is 11.7. The van der Waals surface area contributed by atoms with E-state index in [1.807, 2.05) is 0 Å². The standard InChI is InChI=1S/C8H15ClN2O3S/c1-10-8(12)7-3-2-5-11(7)15(13,14)6-4-9/h7H,2-6H2,1H3,(H,10,12). The van der Waals surface area contributed by atoms with Crippen LogP contribution < -0.4 is 5.32 Å². The van der Waals surface area contributed by atoms with E-state index in [4.69, 9.17) is 11.6 Å². The van der Waals surface area contributed by atoms with Crippen molar-refractivity contribution in [1.29, 1.82) is 0 Å². The molecule has 0 aromatic carbocycles. The summed E-state index contributed by atoms with van der Waals surface area (Å²) in [5.41, 5.74) is 0. The topological polar surface area (TPSA) is 66.5 Å². The number of alkyl halides is 1. The molecule has 1 aliphatic heterocycles. The predicted molar refractivity (Wildman–Crippen MR) is 58.3 cm³/mol. The van der Waals surface area contributed by atoms with Crippen LogP contribution in [-0.4, -0.2) is 49.9 Å². The largest absolute Gasteiger partial charge is 0.358 e. The van der Waals surface area contributed by atoms with Crippen molar-refractivity contribution in [3.63, 3.8) is 0 Å². The van der Waals surface area contributed by atoms with E-state index in [0.29, 0.717) is 13.0 Å². The molecule has 1 atom stereocenters. The van der Waals surface area contributed by atoms with Crippen molar-refractivity contribution in [1.82, 2.24) is 9.62 Å². The Labute approximate surface area is 94.8 Å². The molecule has 0 aromatic rings. The third-order valence-corrected chi connectivity index (χ3v) is 4.73. The van der Waals surface area contributed by atoms with Gasteiger partial charge in [0.25, 0.3) is 0 Å². The Hall–Kier alpha value is -0.330. The molecule has 1 unspecified atom stereocenters. The lowest BCUT2D eigenvalue weighted by Gasteiger charge is -2.22. The summed E-state index contributed by atoms with van der Waals surface area (Å²) in [6.07, 6.45) is 1.31. The van der Waals surface area contributed by atoms with Crippen LogP contribution in [0.5, 0.6) is 0 Å². The van der Waals surface area contributed by atoms with Gasteiger partial charge in [-0.25, -0.2) is 8.42 Å². The summed E-state index contributed by atoms with van der Waals surface area (Å²) in [4.78, 5) is 11.4. The van der Waals surface area contributed by atoms with Gasteiger partial charge in [-0.15, -0.1) is 11.6 Å². The number of hydrogen-bond acceptors (Lipinski definition) is 3. The van der Waals surface area contributed by atoms with Crippen molar-refractivity contribution < 1.29 is 13.2 Å². The highest BCUT2D eigenvalue weighted by Gasteiger charge is 2.37. The molecule has 0 saturated carbocycles. The Bertz CT molecular complexity index is 331. The number of amides is 1. The van der Waals surface area contributed by atoms with Crippen LogP contribution in [0, 0.1) is 0 Å². The zero-order chi connectivity index (χ0) is 11.5. The van der Waals surface area contributed by atoms with Gasteiger partial charge in [-0.1, -0.05) is 0 Å². The van der Waals surface area contributed by atoms with E-state index in [1.54, 1.807) is 0 Å². The van der Waals surface area contributed by atoms with Gasteiger partial charge in [0.15, 0.2) is 0 Å². The van der Waals surface area contributed by atoms with Crippen LogP contribution in [0.3, 0.4) is 0 Å².